The molecule has 6 nitrogen and oxygen atoms in total. The number of ether oxygens (including phenoxy) is 1. The van der Waals surface area contributed by atoms with Gasteiger partial charge in [0.2, 0.25) is 0 Å². The quantitative estimate of drug-likeness (QED) is 0.686. The molecule has 4 N–H and O–H groups in total. The highest BCUT2D eigenvalue weighted by Gasteiger charge is 2.21. The highest BCUT2D eigenvalue weighted by atomic mass is 16.5. The van der Waals surface area contributed by atoms with Crippen molar-refractivity contribution >= 4 is 0 Å². The number of aliphatic hydroxyl groups excluding tert-OH is 2. The molecule has 1 fully saturated rings. The average Bonchev–Trinajstić information content (AvgIpc) is 2.87. The van der Waals surface area contributed by atoms with Crippen LogP contribution in [0.2, 0.25) is 0 Å². The molecule has 0 bridgehead atoms. The van der Waals surface area contributed by atoms with E-state index < -0.39 is 12.2 Å². The van der Waals surface area contributed by atoms with Crippen molar-refractivity contribution in [2.45, 2.75) is 37.7 Å². The second kappa shape index (κ2) is 5.59. The number of hydrogen-bond donors (Lipinski definition) is 3. The third-order valence-corrected chi connectivity index (χ3v) is 3.02. The standard InChI is InChI=1S/C11H19N3O3/c12-5-9(15)11(16)8-6-13-14(7-8)10-3-1-2-4-17-10/h6-7,9-11,15-16H,1-5,12H2/t9?,10-,11?/m0/s1. The Kier molecular flexibility index (Phi) is 4.11. The van der Waals surface area contributed by atoms with E-state index in [0.717, 1.165) is 25.9 Å². The van der Waals surface area contributed by atoms with E-state index in [-0.39, 0.29) is 12.8 Å². The summed E-state index contributed by atoms with van der Waals surface area (Å²) in [6.45, 7) is 0.764. The first kappa shape index (κ1) is 12.5. The fourth-order valence-corrected chi connectivity index (χ4v) is 1.95. The van der Waals surface area contributed by atoms with Crippen molar-refractivity contribution in [2.24, 2.45) is 5.73 Å². The smallest absolute Gasteiger partial charge is 0.150 e. The van der Waals surface area contributed by atoms with Crippen molar-refractivity contribution in [1.82, 2.24) is 9.78 Å². The van der Waals surface area contributed by atoms with Crippen LogP contribution >= 0.6 is 0 Å². The van der Waals surface area contributed by atoms with E-state index in [1.807, 2.05) is 0 Å². The van der Waals surface area contributed by atoms with Gasteiger partial charge in [0.1, 0.15) is 12.3 Å². The number of aromatic nitrogens is 2. The van der Waals surface area contributed by atoms with E-state index in [1.165, 1.54) is 0 Å². The highest BCUT2D eigenvalue weighted by molar-refractivity contribution is 5.10. The molecule has 0 aliphatic carbocycles. The predicted octanol–water partition coefficient (Wildman–Crippen LogP) is -0.0648. The number of hydrogen-bond acceptors (Lipinski definition) is 5. The summed E-state index contributed by atoms with van der Waals surface area (Å²) in [4.78, 5) is 0. The van der Waals surface area contributed by atoms with Gasteiger partial charge in [0.25, 0.3) is 0 Å². The minimum atomic E-state index is -0.989. The molecule has 1 aromatic rings. The van der Waals surface area contributed by atoms with Crippen molar-refractivity contribution in [1.29, 1.82) is 0 Å². The zero-order chi connectivity index (χ0) is 12.3. The molecule has 2 heterocycles. The summed E-state index contributed by atoms with van der Waals surface area (Å²) >= 11 is 0. The fraction of sp³-hybridized carbons (Fsp3) is 0.727. The maximum atomic E-state index is 9.78. The molecule has 6 heteroatoms. The first-order chi connectivity index (χ1) is 8.22. The van der Waals surface area contributed by atoms with Gasteiger partial charge in [0.15, 0.2) is 0 Å². The maximum Gasteiger partial charge on any atom is 0.150 e. The van der Waals surface area contributed by atoms with Crippen LogP contribution in [-0.2, 0) is 4.74 Å². The molecule has 1 aliphatic heterocycles. The minimum absolute atomic E-state index is 0.0201. The van der Waals surface area contributed by atoms with E-state index in [2.05, 4.69) is 5.10 Å². The van der Waals surface area contributed by atoms with Crippen molar-refractivity contribution < 1.29 is 14.9 Å². The molecule has 0 aromatic carbocycles. The topological polar surface area (TPSA) is 93.5 Å². The zero-order valence-electron chi connectivity index (χ0n) is 9.70. The largest absolute Gasteiger partial charge is 0.389 e. The summed E-state index contributed by atoms with van der Waals surface area (Å²) in [6.07, 6.45) is 4.38. The summed E-state index contributed by atoms with van der Waals surface area (Å²) < 4.78 is 7.27. The summed E-state index contributed by atoms with van der Waals surface area (Å²) in [6, 6.07) is 0. The van der Waals surface area contributed by atoms with Crippen LogP contribution in [0.1, 0.15) is 37.2 Å². The lowest BCUT2D eigenvalue weighted by molar-refractivity contribution is -0.0398. The van der Waals surface area contributed by atoms with Gasteiger partial charge < -0.3 is 20.7 Å². The Morgan fingerprint density at radius 3 is 3.00 bits per heavy atom. The molecular weight excluding hydrogens is 222 g/mol. The predicted molar refractivity (Wildman–Crippen MR) is 61.1 cm³/mol. The van der Waals surface area contributed by atoms with E-state index >= 15 is 0 Å². The summed E-state index contributed by atoms with van der Waals surface area (Å²) in [7, 11) is 0. The Morgan fingerprint density at radius 1 is 1.53 bits per heavy atom. The fourth-order valence-electron chi connectivity index (χ4n) is 1.95. The molecule has 1 aromatic heterocycles. The van der Waals surface area contributed by atoms with Gasteiger partial charge >= 0.3 is 0 Å². The van der Waals surface area contributed by atoms with Crippen LogP contribution < -0.4 is 5.73 Å². The van der Waals surface area contributed by atoms with Crippen LogP contribution in [0.5, 0.6) is 0 Å². The summed E-state index contributed by atoms with van der Waals surface area (Å²) in [5, 5.41) is 23.4. The second-order valence-electron chi connectivity index (χ2n) is 4.32. The third-order valence-electron chi connectivity index (χ3n) is 3.02. The van der Waals surface area contributed by atoms with E-state index in [9.17, 15) is 10.2 Å². The van der Waals surface area contributed by atoms with Crippen molar-refractivity contribution in [3.8, 4) is 0 Å². The number of nitrogens with zero attached hydrogens (tertiary/aromatic N) is 2. The van der Waals surface area contributed by atoms with Gasteiger partial charge in [-0.15, -0.1) is 0 Å². The highest BCUT2D eigenvalue weighted by Crippen LogP contribution is 2.24. The molecule has 96 valence electrons. The van der Waals surface area contributed by atoms with E-state index in [0.29, 0.717) is 5.56 Å². The molecule has 3 atom stereocenters. The van der Waals surface area contributed by atoms with Crippen LogP contribution in [0, 0.1) is 0 Å². The molecule has 17 heavy (non-hydrogen) atoms. The molecule has 1 saturated heterocycles. The third kappa shape index (κ3) is 2.84. The minimum Gasteiger partial charge on any atom is -0.389 e. The van der Waals surface area contributed by atoms with Gasteiger partial charge in [0.05, 0.1) is 12.3 Å². The molecule has 0 radical (unpaired) electrons. The van der Waals surface area contributed by atoms with Gasteiger partial charge in [-0.25, -0.2) is 4.68 Å². The van der Waals surface area contributed by atoms with Gasteiger partial charge in [0, 0.05) is 24.9 Å². The molecule has 0 saturated carbocycles. The second-order valence-corrected chi connectivity index (χ2v) is 4.32. The Morgan fingerprint density at radius 2 is 2.35 bits per heavy atom. The molecule has 2 rings (SSSR count). The number of rotatable bonds is 4. The molecule has 0 spiro atoms. The van der Waals surface area contributed by atoms with Crippen LogP contribution in [0.3, 0.4) is 0 Å². The molecule has 0 amide bonds. The van der Waals surface area contributed by atoms with Gasteiger partial charge in [-0.2, -0.15) is 5.10 Å². The number of aliphatic hydroxyl groups is 2. The monoisotopic (exact) mass is 241 g/mol. The molecule has 1 aliphatic rings. The lowest BCUT2D eigenvalue weighted by Crippen LogP contribution is -2.27. The van der Waals surface area contributed by atoms with Gasteiger partial charge in [-0.1, -0.05) is 0 Å². The van der Waals surface area contributed by atoms with Crippen molar-refractivity contribution in [3.63, 3.8) is 0 Å². The van der Waals surface area contributed by atoms with Crippen LogP contribution in [-0.4, -0.2) is 39.2 Å². The molecular formula is C11H19N3O3. The lowest BCUT2D eigenvalue weighted by Gasteiger charge is -2.22. The maximum absolute atomic E-state index is 9.78. The van der Waals surface area contributed by atoms with Gasteiger partial charge in [-0.3, -0.25) is 0 Å². The Bertz CT molecular complexity index is 333. The summed E-state index contributed by atoms with van der Waals surface area (Å²) in [5.41, 5.74) is 5.86. The Hall–Kier alpha value is -0.950. The van der Waals surface area contributed by atoms with Crippen LogP contribution in [0.15, 0.2) is 12.4 Å². The Balaban J connectivity index is 2.04. The SMILES string of the molecule is NCC(O)C(O)c1cnn([C@@H]2CCCCO2)c1. The van der Waals surface area contributed by atoms with Crippen molar-refractivity contribution in [3.05, 3.63) is 18.0 Å². The normalized spacial score (nSPS) is 24.5. The first-order valence-electron chi connectivity index (χ1n) is 5.94. The lowest BCUT2D eigenvalue weighted by atomic mass is 10.1. The van der Waals surface area contributed by atoms with Crippen LogP contribution in [0.25, 0.3) is 0 Å². The van der Waals surface area contributed by atoms with E-state index in [1.54, 1.807) is 17.1 Å². The van der Waals surface area contributed by atoms with Gasteiger partial charge in [-0.05, 0) is 19.3 Å². The van der Waals surface area contributed by atoms with Crippen molar-refractivity contribution in [2.75, 3.05) is 13.2 Å². The number of nitrogens with two attached hydrogens (primary N) is 1. The average molecular weight is 241 g/mol. The Labute approximate surface area is 100.0 Å². The van der Waals surface area contributed by atoms with Crippen LogP contribution in [0.4, 0.5) is 0 Å². The van der Waals surface area contributed by atoms with E-state index in [4.69, 9.17) is 10.5 Å². The molecule has 2 unspecified atom stereocenters. The summed E-state index contributed by atoms with van der Waals surface area (Å²) in [5.74, 6) is 0. The zero-order valence-corrected chi connectivity index (χ0v) is 9.70. The first-order valence-corrected chi connectivity index (χ1v) is 5.94.